The molecule has 1 aromatic heterocycles. The van der Waals surface area contributed by atoms with Crippen molar-refractivity contribution in [1.29, 1.82) is 0 Å². The Balaban J connectivity index is 1.50. The second kappa shape index (κ2) is 6.76. The first-order valence-corrected chi connectivity index (χ1v) is 7.74. The van der Waals surface area contributed by atoms with Crippen LogP contribution in [0.1, 0.15) is 31.2 Å². The van der Waals surface area contributed by atoms with Crippen molar-refractivity contribution in [2.24, 2.45) is 0 Å². The van der Waals surface area contributed by atoms with Crippen LogP contribution in [0, 0.1) is 0 Å². The smallest absolute Gasteiger partial charge is 0.0771 e. The molecule has 1 fully saturated rings. The molecule has 1 aromatic carbocycles. The molecule has 2 atom stereocenters. The van der Waals surface area contributed by atoms with Crippen molar-refractivity contribution in [1.82, 2.24) is 9.78 Å². The molecule has 3 rings (SSSR count). The van der Waals surface area contributed by atoms with Crippen LogP contribution in [0.15, 0.2) is 42.7 Å². The molecule has 0 saturated carbocycles. The van der Waals surface area contributed by atoms with Crippen LogP contribution in [0.2, 0.25) is 0 Å². The van der Waals surface area contributed by atoms with Gasteiger partial charge in [-0.25, -0.2) is 0 Å². The number of aromatic nitrogens is 2. The third-order valence-electron chi connectivity index (χ3n) is 4.03. The Morgan fingerprint density at radius 1 is 1.38 bits per heavy atom. The van der Waals surface area contributed by atoms with Crippen LogP contribution < -0.4 is 5.32 Å². The van der Waals surface area contributed by atoms with Gasteiger partial charge in [0.25, 0.3) is 0 Å². The molecule has 0 spiro atoms. The highest BCUT2D eigenvalue weighted by Crippen LogP contribution is 2.17. The van der Waals surface area contributed by atoms with E-state index < -0.39 is 0 Å². The van der Waals surface area contributed by atoms with Gasteiger partial charge in [0.1, 0.15) is 0 Å². The summed E-state index contributed by atoms with van der Waals surface area (Å²) in [5.74, 6) is 0.479. The van der Waals surface area contributed by atoms with Gasteiger partial charge in [-0.3, -0.25) is 4.68 Å². The topological polar surface area (TPSA) is 39.1 Å². The van der Waals surface area contributed by atoms with Gasteiger partial charge in [-0.15, -0.1) is 0 Å². The molecule has 112 valence electrons. The number of rotatable bonds is 6. The molecule has 0 bridgehead atoms. The Morgan fingerprint density at radius 2 is 2.24 bits per heavy atom. The molecule has 21 heavy (non-hydrogen) atoms. The molecule has 1 N–H and O–H groups in total. The zero-order chi connectivity index (χ0) is 14.5. The van der Waals surface area contributed by atoms with Crippen LogP contribution >= 0.6 is 0 Å². The maximum atomic E-state index is 5.64. The Bertz CT molecular complexity index is 546. The summed E-state index contributed by atoms with van der Waals surface area (Å²) < 4.78 is 7.62. The van der Waals surface area contributed by atoms with Crippen LogP contribution in [-0.2, 0) is 11.3 Å². The third kappa shape index (κ3) is 3.85. The summed E-state index contributed by atoms with van der Waals surface area (Å²) in [6.45, 7) is 4.90. The van der Waals surface area contributed by atoms with E-state index in [9.17, 15) is 0 Å². The van der Waals surface area contributed by atoms with Crippen molar-refractivity contribution in [3.63, 3.8) is 0 Å². The normalized spacial score (nSPS) is 19.6. The minimum Gasteiger partial charge on any atom is -0.382 e. The lowest BCUT2D eigenvalue weighted by atomic mass is 10.0. The third-order valence-corrected chi connectivity index (χ3v) is 4.03. The molecule has 0 amide bonds. The lowest BCUT2D eigenvalue weighted by molar-refractivity contribution is 0.0940. The standard InChI is InChI=1S/C17H23N3O/c1-14(15-6-3-2-4-7-15)10-18-16-11-19-20(12-16)13-17-8-5-9-21-17/h2-4,6-7,11-12,14,17-18H,5,8-10,13H2,1H3. The molecular formula is C17H23N3O. The predicted octanol–water partition coefficient (Wildman–Crippen LogP) is 3.28. The summed E-state index contributed by atoms with van der Waals surface area (Å²) >= 11 is 0. The number of hydrogen-bond donors (Lipinski definition) is 1. The van der Waals surface area contributed by atoms with Crippen molar-refractivity contribution in [2.75, 3.05) is 18.5 Å². The number of nitrogens with one attached hydrogen (secondary N) is 1. The quantitative estimate of drug-likeness (QED) is 0.885. The zero-order valence-corrected chi connectivity index (χ0v) is 12.5. The van der Waals surface area contributed by atoms with Crippen molar-refractivity contribution in [2.45, 2.75) is 38.3 Å². The summed E-state index contributed by atoms with van der Waals surface area (Å²) in [7, 11) is 0. The van der Waals surface area contributed by atoms with Gasteiger partial charge < -0.3 is 10.1 Å². The fraction of sp³-hybridized carbons (Fsp3) is 0.471. The van der Waals surface area contributed by atoms with E-state index >= 15 is 0 Å². The van der Waals surface area contributed by atoms with Crippen molar-refractivity contribution < 1.29 is 4.74 Å². The molecule has 4 nitrogen and oxygen atoms in total. The molecule has 0 aliphatic carbocycles. The van der Waals surface area contributed by atoms with Gasteiger partial charge in [0, 0.05) is 19.3 Å². The maximum Gasteiger partial charge on any atom is 0.0771 e. The molecule has 4 heteroatoms. The molecule has 1 saturated heterocycles. The van der Waals surface area contributed by atoms with Crippen molar-refractivity contribution in [3.05, 3.63) is 48.3 Å². The zero-order valence-electron chi connectivity index (χ0n) is 12.5. The molecular weight excluding hydrogens is 262 g/mol. The Hall–Kier alpha value is -1.81. The van der Waals surface area contributed by atoms with Crippen molar-refractivity contribution in [3.8, 4) is 0 Å². The lowest BCUT2D eigenvalue weighted by Gasteiger charge is -2.12. The average Bonchev–Trinajstić information content (AvgIpc) is 3.18. The van der Waals surface area contributed by atoms with Gasteiger partial charge >= 0.3 is 0 Å². The second-order valence-corrected chi connectivity index (χ2v) is 5.78. The van der Waals surface area contributed by atoms with Crippen LogP contribution in [0.4, 0.5) is 5.69 Å². The minimum absolute atomic E-state index is 0.334. The van der Waals surface area contributed by atoms with Gasteiger partial charge in [0.15, 0.2) is 0 Å². The maximum absolute atomic E-state index is 5.64. The molecule has 2 aromatic rings. The number of ether oxygens (including phenoxy) is 1. The average molecular weight is 285 g/mol. The summed E-state index contributed by atoms with van der Waals surface area (Å²) in [5.41, 5.74) is 2.44. The Labute approximate surface area is 126 Å². The first-order valence-electron chi connectivity index (χ1n) is 7.74. The highest BCUT2D eigenvalue weighted by atomic mass is 16.5. The fourth-order valence-electron chi connectivity index (χ4n) is 2.72. The molecule has 1 aliphatic heterocycles. The first-order chi connectivity index (χ1) is 10.3. The monoisotopic (exact) mass is 285 g/mol. The van der Waals surface area contributed by atoms with E-state index in [0.29, 0.717) is 12.0 Å². The van der Waals surface area contributed by atoms with E-state index in [0.717, 1.165) is 31.8 Å². The number of anilines is 1. The summed E-state index contributed by atoms with van der Waals surface area (Å²) in [6.07, 6.45) is 6.62. The molecule has 2 heterocycles. The van der Waals surface area contributed by atoms with E-state index in [4.69, 9.17) is 4.74 Å². The van der Waals surface area contributed by atoms with Crippen LogP contribution in [-0.4, -0.2) is 29.0 Å². The Morgan fingerprint density at radius 3 is 3.00 bits per heavy atom. The van der Waals surface area contributed by atoms with Gasteiger partial charge in [-0.05, 0) is 24.3 Å². The van der Waals surface area contributed by atoms with Gasteiger partial charge in [0.2, 0.25) is 0 Å². The molecule has 2 unspecified atom stereocenters. The van der Waals surface area contributed by atoms with E-state index in [1.54, 1.807) is 0 Å². The number of benzene rings is 1. The second-order valence-electron chi connectivity index (χ2n) is 5.78. The Kier molecular flexibility index (Phi) is 4.55. The minimum atomic E-state index is 0.334. The van der Waals surface area contributed by atoms with E-state index in [1.807, 2.05) is 10.9 Å². The largest absolute Gasteiger partial charge is 0.382 e. The van der Waals surface area contributed by atoms with E-state index in [-0.39, 0.29) is 0 Å². The summed E-state index contributed by atoms with van der Waals surface area (Å²) in [5, 5.41) is 7.87. The highest BCUT2D eigenvalue weighted by Gasteiger charge is 2.16. The van der Waals surface area contributed by atoms with Crippen LogP contribution in [0.3, 0.4) is 0 Å². The first kappa shape index (κ1) is 14.1. The van der Waals surface area contributed by atoms with Crippen LogP contribution in [0.5, 0.6) is 0 Å². The predicted molar refractivity (Wildman–Crippen MR) is 84.5 cm³/mol. The highest BCUT2D eigenvalue weighted by molar-refractivity contribution is 5.39. The lowest BCUT2D eigenvalue weighted by Crippen LogP contribution is -2.15. The SMILES string of the molecule is CC(CNc1cnn(CC2CCCO2)c1)c1ccccc1. The number of hydrogen-bond acceptors (Lipinski definition) is 3. The summed E-state index contributed by atoms with van der Waals surface area (Å²) in [4.78, 5) is 0. The fourth-order valence-corrected chi connectivity index (χ4v) is 2.72. The van der Waals surface area contributed by atoms with Crippen LogP contribution in [0.25, 0.3) is 0 Å². The van der Waals surface area contributed by atoms with Gasteiger partial charge in [0.05, 0.1) is 24.5 Å². The van der Waals surface area contributed by atoms with E-state index in [2.05, 4.69) is 53.9 Å². The number of nitrogens with zero attached hydrogens (tertiary/aromatic N) is 2. The molecule has 0 radical (unpaired) electrons. The molecule has 1 aliphatic rings. The summed E-state index contributed by atoms with van der Waals surface area (Å²) in [6, 6.07) is 10.6. The van der Waals surface area contributed by atoms with E-state index in [1.165, 1.54) is 12.0 Å². The van der Waals surface area contributed by atoms with Crippen molar-refractivity contribution >= 4 is 5.69 Å². The van der Waals surface area contributed by atoms with Gasteiger partial charge in [-0.1, -0.05) is 37.3 Å². The van der Waals surface area contributed by atoms with Gasteiger partial charge in [-0.2, -0.15) is 5.10 Å².